The van der Waals surface area contributed by atoms with Crippen LogP contribution in [0.25, 0.3) is 16.3 Å². The summed E-state index contributed by atoms with van der Waals surface area (Å²) in [6, 6.07) is 9.25. The summed E-state index contributed by atoms with van der Waals surface area (Å²) in [5, 5.41) is 3.29. The number of amides is 1. The Morgan fingerprint density at radius 1 is 1.36 bits per heavy atom. The van der Waals surface area contributed by atoms with Gasteiger partial charge in [-0.05, 0) is 43.3 Å². The van der Waals surface area contributed by atoms with E-state index in [1.165, 1.54) is 17.4 Å². The number of carbonyl (C=O) groups is 1. The highest BCUT2D eigenvalue weighted by atomic mass is 32.1. The fraction of sp³-hybridized carbons (Fsp3) is 0.125. The van der Waals surface area contributed by atoms with Gasteiger partial charge in [0.2, 0.25) is 5.91 Å². The SMILES string of the molecule is COc1ccc2nc(NC(=O)/C=C/c3ccc(C)o3)sc2c1. The lowest BCUT2D eigenvalue weighted by molar-refractivity contribution is -0.111. The number of ether oxygens (including phenoxy) is 1. The first kappa shape index (κ1) is 14.3. The molecule has 112 valence electrons. The normalized spacial score (nSPS) is 11.2. The van der Waals surface area contributed by atoms with Crippen LogP contribution in [0.4, 0.5) is 5.13 Å². The second-order valence-electron chi connectivity index (χ2n) is 4.62. The Balaban J connectivity index is 1.72. The van der Waals surface area contributed by atoms with Gasteiger partial charge in [0.1, 0.15) is 17.3 Å². The predicted molar refractivity (Wildman–Crippen MR) is 87.3 cm³/mol. The first-order valence-electron chi connectivity index (χ1n) is 6.64. The summed E-state index contributed by atoms with van der Waals surface area (Å²) in [6.07, 6.45) is 3.05. The second-order valence-corrected chi connectivity index (χ2v) is 5.65. The van der Waals surface area contributed by atoms with Gasteiger partial charge in [-0.15, -0.1) is 0 Å². The fourth-order valence-electron chi connectivity index (χ4n) is 1.93. The lowest BCUT2D eigenvalue weighted by atomic mass is 10.3. The fourth-order valence-corrected chi connectivity index (χ4v) is 2.83. The number of benzene rings is 1. The van der Waals surface area contributed by atoms with Crippen molar-refractivity contribution in [2.24, 2.45) is 0 Å². The molecule has 1 amide bonds. The number of aryl methyl sites for hydroxylation is 1. The number of aromatic nitrogens is 1. The third-order valence-corrected chi connectivity index (χ3v) is 3.92. The van der Waals surface area contributed by atoms with Gasteiger partial charge in [-0.2, -0.15) is 0 Å². The molecule has 6 heteroatoms. The molecule has 0 saturated heterocycles. The molecule has 0 saturated carbocycles. The van der Waals surface area contributed by atoms with E-state index in [1.807, 2.05) is 37.3 Å². The number of nitrogens with one attached hydrogen (secondary N) is 1. The van der Waals surface area contributed by atoms with Crippen LogP contribution in [0.3, 0.4) is 0 Å². The summed E-state index contributed by atoms with van der Waals surface area (Å²) >= 11 is 1.40. The molecule has 1 aromatic carbocycles. The van der Waals surface area contributed by atoms with Crippen molar-refractivity contribution in [3.8, 4) is 5.75 Å². The predicted octanol–water partition coefficient (Wildman–Crippen LogP) is 3.86. The summed E-state index contributed by atoms with van der Waals surface area (Å²) in [7, 11) is 1.62. The molecular weight excluding hydrogens is 300 g/mol. The number of furan rings is 1. The van der Waals surface area contributed by atoms with Crippen molar-refractivity contribution in [2.75, 3.05) is 12.4 Å². The van der Waals surface area contributed by atoms with E-state index in [0.29, 0.717) is 10.9 Å². The number of hydrogen-bond acceptors (Lipinski definition) is 5. The standard InChI is InChI=1S/C16H14N2O3S/c1-10-3-4-11(21-10)6-8-15(19)18-16-17-13-7-5-12(20-2)9-14(13)22-16/h3-9H,1-2H3,(H,17,18,19)/b8-6+. The molecule has 3 aromatic rings. The highest BCUT2D eigenvalue weighted by molar-refractivity contribution is 7.22. The van der Waals surface area contributed by atoms with Gasteiger partial charge in [0.05, 0.1) is 17.3 Å². The minimum atomic E-state index is -0.250. The van der Waals surface area contributed by atoms with E-state index >= 15 is 0 Å². The molecule has 2 aromatic heterocycles. The molecule has 3 rings (SSSR count). The third kappa shape index (κ3) is 3.17. The molecule has 0 spiro atoms. The Kier molecular flexibility index (Phi) is 3.93. The van der Waals surface area contributed by atoms with Crippen molar-refractivity contribution >= 4 is 38.7 Å². The summed E-state index contributed by atoms with van der Waals surface area (Å²) in [6.45, 7) is 1.85. The van der Waals surface area contributed by atoms with Crippen LogP contribution in [-0.4, -0.2) is 18.0 Å². The van der Waals surface area contributed by atoms with Gasteiger partial charge in [0, 0.05) is 6.08 Å². The number of fused-ring (bicyclic) bond motifs is 1. The monoisotopic (exact) mass is 314 g/mol. The molecule has 0 unspecified atom stereocenters. The summed E-state index contributed by atoms with van der Waals surface area (Å²) in [5.41, 5.74) is 0.826. The summed E-state index contributed by atoms with van der Waals surface area (Å²) in [4.78, 5) is 16.3. The number of anilines is 1. The Bertz CT molecular complexity index is 848. The molecule has 0 bridgehead atoms. The highest BCUT2D eigenvalue weighted by Crippen LogP contribution is 2.29. The minimum absolute atomic E-state index is 0.250. The van der Waals surface area contributed by atoms with Crippen LogP contribution in [0.15, 0.2) is 40.8 Å². The minimum Gasteiger partial charge on any atom is -0.497 e. The number of carbonyl (C=O) groups excluding carboxylic acids is 1. The van der Waals surface area contributed by atoms with Crippen molar-refractivity contribution in [3.05, 3.63) is 47.9 Å². The van der Waals surface area contributed by atoms with E-state index in [9.17, 15) is 4.79 Å². The van der Waals surface area contributed by atoms with E-state index in [1.54, 1.807) is 13.2 Å². The largest absolute Gasteiger partial charge is 0.497 e. The molecule has 2 heterocycles. The molecule has 0 atom stereocenters. The van der Waals surface area contributed by atoms with Crippen LogP contribution in [0.2, 0.25) is 0 Å². The van der Waals surface area contributed by atoms with Gasteiger partial charge in [0.25, 0.3) is 0 Å². The van der Waals surface area contributed by atoms with E-state index in [2.05, 4.69) is 10.3 Å². The first-order chi connectivity index (χ1) is 10.6. The Morgan fingerprint density at radius 2 is 2.23 bits per heavy atom. The van der Waals surface area contributed by atoms with Crippen LogP contribution in [-0.2, 0) is 4.79 Å². The van der Waals surface area contributed by atoms with Crippen LogP contribution >= 0.6 is 11.3 Å². The smallest absolute Gasteiger partial charge is 0.250 e. The van der Waals surface area contributed by atoms with Gasteiger partial charge in [0.15, 0.2) is 5.13 Å². The lowest BCUT2D eigenvalue weighted by Gasteiger charge is -1.96. The van der Waals surface area contributed by atoms with Gasteiger partial charge in [-0.25, -0.2) is 4.98 Å². The lowest BCUT2D eigenvalue weighted by Crippen LogP contribution is -2.07. The zero-order valence-electron chi connectivity index (χ0n) is 12.1. The average Bonchev–Trinajstić information content (AvgIpc) is 3.09. The van der Waals surface area contributed by atoms with Crippen molar-refractivity contribution in [1.29, 1.82) is 0 Å². The zero-order chi connectivity index (χ0) is 15.5. The van der Waals surface area contributed by atoms with Crippen molar-refractivity contribution in [3.63, 3.8) is 0 Å². The Labute approximate surface area is 131 Å². The Hall–Kier alpha value is -2.60. The maximum atomic E-state index is 11.9. The summed E-state index contributed by atoms with van der Waals surface area (Å²) in [5.74, 6) is 1.96. The highest BCUT2D eigenvalue weighted by Gasteiger charge is 2.07. The van der Waals surface area contributed by atoms with Gasteiger partial charge in [-0.3, -0.25) is 10.1 Å². The van der Waals surface area contributed by atoms with E-state index in [-0.39, 0.29) is 5.91 Å². The first-order valence-corrected chi connectivity index (χ1v) is 7.46. The van der Waals surface area contributed by atoms with E-state index in [0.717, 1.165) is 21.7 Å². The van der Waals surface area contributed by atoms with Gasteiger partial charge >= 0.3 is 0 Å². The third-order valence-electron chi connectivity index (χ3n) is 2.99. The molecule has 22 heavy (non-hydrogen) atoms. The van der Waals surface area contributed by atoms with Gasteiger partial charge in [-0.1, -0.05) is 11.3 Å². The average molecular weight is 314 g/mol. The molecule has 0 radical (unpaired) electrons. The number of rotatable bonds is 4. The molecule has 0 aliphatic heterocycles. The summed E-state index contributed by atoms with van der Waals surface area (Å²) < 4.78 is 11.5. The van der Waals surface area contributed by atoms with Crippen LogP contribution in [0.1, 0.15) is 11.5 Å². The zero-order valence-corrected chi connectivity index (χ0v) is 12.9. The molecule has 0 aliphatic carbocycles. The molecule has 1 N–H and O–H groups in total. The topological polar surface area (TPSA) is 64.4 Å². The van der Waals surface area contributed by atoms with Crippen LogP contribution in [0.5, 0.6) is 5.75 Å². The van der Waals surface area contributed by atoms with Gasteiger partial charge < -0.3 is 9.15 Å². The van der Waals surface area contributed by atoms with Crippen molar-refractivity contribution in [2.45, 2.75) is 6.92 Å². The molecular formula is C16H14N2O3S. The van der Waals surface area contributed by atoms with Crippen LogP contribution in [0, 0.1) is 6.92 Å². The second kappa shape index (κ2) is 6.03. The molecule has 0 fully saturated rings. The van der Waals surface area contributed by atoms with E-state index in [4.69, 9.17) is 9.15 Å². The van der Waals surface area contributed by atoms with Crippen LogP contribution < -0.4 is 10.1 Å². The quantitative estimate of drug-likeness (QED) is 0.743. The maximum Gasteiger partial charge on any atom is 0.250 e. The maximum absolute atomic E-state index is 11.9. The van der Waals surface area contributed by atoms with E-state index < -0.39 is 0 Å². The van der Waals surface area contributed by atoms with Crippen molar-refractivity contribution in [1.82, 2.24) is 4.98 Å². The Morgan fingerprint density at radius 3 is 2.95 bits per heavy atom. The molecule has 5 nitrogen and oxygen atoms in total. The number of thiazole rings is 1. The molecule has 0 aliphatic rings. The number of nitrogens with zero attached hydrogens (tertiary/aromatic N) is 1. The van der Waals surface area contributed by atoms with Crippen molar-refractivity contribution < 1.29 is 13.9 Å². The number of methoxy groups -OCH3 is 1. The number of hydrogen-bond donors (Lipinski definition) is 1.